The van der Waals surface area contributed by atoms with E-state index in [2.05, 4.69) is 6.58 Å². The van der Waals surface area contributed by atoms with Crippen LogP contribution in [0.2, 0.25) is 0 Å². The molecule has 0 heterocycles. The van der Waals surface area contributed by atoms with Gasteiger partial charge < -0.3 is 4.74 Å². The second-order valence-corrected chi connectivity index (χ2v) is 6.08. The monoisotopic (exact) mass is 298 g/mol. The van der Waals surface area contributed by atoms with Crippen LogP contribution in [0.3, 0.4) is 0 Å². The molecule has 1 saturated carbocycles. The predicted molar refractivity (Wildman–Crippen MR) is 85.0 cm³/mol. The van der Waals surface area contributed by atoms with Crippen molar-refractivity contribution in [2.24, 2.45) is 0 Å². The number of benzene rings is 2. The highest BCUT2D eigenvalue weighted by Crippen LogP contribution is 2.43. The molecule has 0 unspecified atom stereocenters. The number of fused-ring (bicyclic) bond motifs is 1. The van der Waals surface area contributed by atoms with Gasteiger partial charge in [0.15, 0.2) is 0 Å². The van der Waals surface area contributed by atoms with E-state index in [0.29, 0.717) is 5.57 Å². The van der Waals surface area contributed by atoms with E-state index in [4.69, 9.17) is 4.74 Å². The van der Waals surface area contributed by atoms with Crippen molar-refractivity contribution in [1.82, 2.24) is 0 Å². The van der Waals surface area contributed by atoms with Crippen LogP contribution in [0.5, 0.6) is 0 Å². The van der Waals surface area contributed by atoms with Gasteiger partial charge >= 0.3 is 5.97 Å². The summed E-state index contributed by atoms with van der Waals surface area (Å²) in [6, 6.07) is 10.6. The zero-order chi connectivity index (χ0) is 15.7. The third-order valence-electron chi connectivity index (χ3n) is 4.38. The Labute approximate surface area is 129 Å². The minimum atomic E-state index is -0.571. The van der Waals surface area contributed by atoms with Gasteiger partial charge in [0.05, 0.1) is 0 Å². The lowest BCUT2D eigenvalue weighted by molar-refractivity contribution is -0.155. The fraction of sp³-hybridized carbons (Fsp3) is 0.316. The highest BCUT2D eigenvalue weighted by atomic mass is 19.1. The first-order valence-electron chi connectivity index (χ1n) is 7.59. The second-order valence-electron chi connectivity index (χ2n) is 6.08. The van der Waals surface area contributed by atoms with Crippen LogP contribution < -0.4 is 0 Å². The molecule has 0 bridgehead atoms. The fourth-order valence-electron chi connectivity index (χ4n) is 3.16. The summed E-state index contributed by atoms with van der Waals surface area (Å²) in [5.74, 6) is -0.592. The first-order valence-corrected chi connectivity index (χ1v) is 7.59. The van der Waals surface area contributed by atoms with Crippen molar-refractivity contribution >= 4 is 16.7 Å². The normalized spacial score (nSPS) is 16.6. The summed E-state index contributed by atoms with van der Waals surface area (Å²) in [5, 5.41) is 1.81. The van der Waals surface area contributed by atoms with Gasteiger partial charge in [0.1, 0.15) is 11.4 Å². The van der Waals surface area contributed by atoms with Crippen molar-refractivity contribution in [3.05, 3.63) is 59.9 Å². The third kappa shape index (κ3) is 2.63. The molecule has 1 fully saturated rings. The van der Waals surface area contributed by atoms with Gasteiger partial charge in [-0.25, -0.2) is 9.18 Å². The molecule has 0 spiro atoms. The molecule has 3 heteroatoms. The number of rotatable bonds is 3. The molecule has 0 N–H and O–H groups in total. The van der Waals surface area contributed by atoms with Crippen LogP contribution in [0, 0.1) is 5.82 Å². The van der Waals surface area contributed by atoms with Gasteiger partial charge in [-0.05, 0) is 67.1 Å². The number of carbonyl (C=O) groups excluding carboxylic acids is 1. The molecule has 2 aromatic carbocycles. The van der Waals surface area contributed by atoms with E-state index in [1.54, 1.807) is 13.0 Å². The van der Waals surface area contributed by atoms with Crippen LogP contribution in [0.4, 0.5) is 4.39 Å². The maximum Gasteiger partial charge on any atom is 0.333 e. The van der Waals surface area contributed by atoms with Crippen LogP contribution in [-0.4, -0.2) is 5.97 Å². The maximum atomic E-state index is 13.3. The minimum Gasteiger partial charge on any atom is -0.451 e. The van der Waals surface area contributed by atoms with E-state index in [0.717, 1.165) is 42.0 Å². The highest BCUT2D eigenvalue weighted by molar-refractivity contribution is 5.88. The molecule has 0 saturated heterocycles. The molecule has 3 rings (SSSR count). The standard InChI is InChI=1S/C19H19FO2/c1-13(2)18(21)22-19(9-3-4-10-19)16-7-5-15-12-17(20)8-6-14(15)11-16/h5-8,11-12H,1,3-4,9-10H2,2H3. The van der Waals surface area contributed by atoms with Gasteiger partial charge in [0.2, 0.25) is 0 Å². The summed E-state index contributed by atoms with van der Waals surface area (Å²) < 4.78 is 19.1. The van der Waals surface area contributed by atoms with Gasteiger partial charge in [-0.1, -0.05) is 24.8 Å². The molecule has 0 aliphatic heterocycles. The number of esters is 1. The Morgan fingerprint density at radius 1 is 1.14 bits per heavy atom. The Morgan fingerprint density at radius 2 is 1.77 bits per heavy atom. The first-order chi connectivity index (χ1) is 10.5. The zero-order valence-corrected chi connectivity index (χ0v) is 12.7. The lowest BCUT2D eigenvalue weighted by Gasteiger charge is -2.30. The number of halogens is 1. The quantitative estimate of drug-likeness (QED) is 0.597. The molecule has 22 heavy (non-hydrogen) atoms. The van der Waals surface area contributed by atoms with E-state index in [1.165, 1.54) is 12.1 Å². The molecular weight excluding hydrogens is 279 g/mol. The molecule has 0 aromatic heterocycles. The Bertz CT molecular complexity index is 742. The molecule has 0 atom stereocenters. The van der Waals surface area contributed by atoms with E-state index in [1.807, 2.05) is 18.2 Å². The van der Waals surface area contributed by atoms with Crippen molar-refractivity contribution in [2.45, 2.75) is 38.2 Å². The third-order valence-corrected chi connectivity index (χ3v) is 4.38. The summed E-state index contributed by atoms with van der Waals surface area (Å²) in [6.07, 6.45) is 3.70. The topological polar surface area (TPSA) is 26.3 Å². The molecule has 0 amide bonds. The summed E-state index contributed by atoms with van der Waals surface area (Å²) in [4.78, 5) is 12.0. The summed E-state index contributed by atoms with van der Waals surface area (Å²) in [7, 11) is 0. The van der Waals surface area contributed by atoms with Gasteiger partial charge in [-0.3, -0.25) is 0 Å². The largest absolute Gasteiger partial charge is 0.451 e. The number of hydrogen-bond acceptors (Lipinski definition) is 2. The zero-order valence-electron chi connectivity index (χ0n) is 12.7. The van der Waals surface area contributed by atoms with Crippen molar-refractivity contribution < 1.29 is 13.9 Å². The van der Waals surface area contributed by atoms with Gasteiger partial charge in [-0.15, -0.1) is 0 Å². The van der Waals surface area contributed by atoms with Crippen LogP contribution in [0.15, 0.2) is 48.6 Å². The average Bonchev–Trinajstić information content (AvgIpc) is 2.96. The Hall–Kier alpha value is -2.16. The van der Waals surface area contributed by atoms with Gasteiger partial charge in [0, 0.05) is 5.57 Å². The van der Waals surface area contributed by atoms with Crippen molar-refractivity contribution in [3.63, 3.8) is 0 Å². The van der Waals surface area contributed by atoms with E-state index < -0.39 is 5.60 Å². The van der Waals surface area contributed by atoms with Crippen LogP contribution >= 0.6 is 0 Å². The molecule has 2 aromatic rings. The van der Waals surface area contributed by atoms with Crippen LogP contribution in [-0.2, 0) is 15.1 Å². The Balaban J connectivity index is 2.03. The van der Waals surface area contributed by atoms with Gasteiger partial charge in [-0.2, -0.15) is 0 Å². The molecule has 2 nitrogen and oxygen atoms in total. The minimum absolute atomic E-state index is 0.246. The Morgan fingerprint density at radius 3 is 2.45 bits per heavy atom. The summed E-state index contributed by atoms with van der Waals surface area (Å²) in [5.41, 5.74) is 0.825. The number of ether oxygens (including phenoxy) is 1. The lowest BCUT2D eigenvalue weighted by atomic mass is 9.90. The second kappa shape index (κ2) is 5.56. The molecular formula is C19H19FO2. The van der Waals surface area contributed by atoms with Crippen LogP contribution in [0.1, 0.15) is 38.2 Å². The molecule has 114 valence electrons. The predicted octanol–water partition coefficient (Wildman–Crippen LogP) is 4.87. The molecule has 1 aliphatic rings. The van der Waals surface area contributed by atoms with Crippen molar-refractivity contribution in [3.8, 4) is 0 Å². The summed E-state index contributed by atoms with van der Waals surface area (Å²) >= 11 is 0. The maximum absolute atomic E-state index is 13.3. The average molecular weight is 298 g/mol. The highest BCUT2D eigenvalue weighted by Gasteiger charge is 2.39. The first kappa shape index (κ1) is 14.8. The smallest absolute Gasteiger partial charge is 0.333 e. The molecule has 1 aliphatic carbocycles. The Kier molecular flexibility index (Phi) is 3.73. The van der Waals surface area contributed by atoms with Crippen molar-refractivity contribution in [2.75, 3.05) is 0 Å². The lowest BCUT2D eigenvalue weighted by Crippen LogP contribution is -2.29. The van der Waals surface area contributed by atoms with E-state index in [-0.39, 0.29) is 11.8 Å². The summed E-state index contributed by atoms with van der Waals surface area (Å²) in [6.45, 7) is 5.33. The van der Waals surface area contributed by atoms with E-state index in [9.17, 15) is 9.18 Å². The SMILES string of the molecule is C=C(C)C(=O)OC1(c2ccc3cc(F)ccc3c2)CCCC1. The van der Waals surface area contributed by atoms with E-state index >= 15 is 0 Å². The fourth-order valence-corrected chi connectivity index (χ4v) is 3.16. The number of carbonyl (C=O) groups is 1. The number of hydrogen-bond donors (Lipinski definition) is 0. The van der Waals surface area contributed by atoms with Crippen LogP contribution in [0.25, 0.3) is 10.8 Å². The molecule has 0 radical (unpaired) electrons. The van der Waals surface area contributed by atoms with Crippen molar-refractivity contribution in [1.29, 1.82) is 0 Å². The van der Waals surface area contributed by atoms with Gasteiger partial charge in [0.25, 0.3) is 0 Å².